The summed E-state index contributed by atoms with van der Waals surface area (Å²) in [6.45, 7) is -0.168. The number of nitrogens with zero attached hydrogens (tertiary/aromatic N) is 2. The van der Waals surface area contributed by atoms with Crippen LogP contribution in [0, 0.1) is 17.7 Å². The zero-order valence-corrected chi connectivity index (χ0v) is 24.8. The topological polar surface area (TPSA) is 107 Å². The summed E-state index contributed by atoms with van der Waals surface area (Å²) < 4.78 is 54.2. The Kier molecular flexibility index (Phi) is 7.86. The molecule has 3 aromatic rings. The third kappa shape index (κ3) is 5.37. The highest BCUT2D eigenvalue weighted by Gasteiger charge is 2.65. The summed E-state index contributed by atoms with van der Waals surface area (Å²) in [6, 6.07) is 6.65. The Morgan fingerprint density at radius 2 is 1.95 bits per heavy atom. The van der Waals surface area contributed by atoms with Crippen LogP contribution in [0.15, 0.2) is 46.8 Å². The highest BCUT2D eigenvalue weighted by Crippen LogP contribution is 2.65. The molecule has 8 nitrogen and oxygen atoms in total. The highest BCUT2D eigenvalue weighted by molar-refractivity contribution is 7.93. The van der Waals surface area contributed by atoms with Crippen LogP contribution in [0.4, 0.5) is 15.2 Å². The number of nitrogens with one attached hydrogen (secondary N) is 1. The molecule has 2 aliphatic carbocycles. The molecule has 0 aliphatic heterocycles. The summed E-state index contributed by atoms with van der Waals surface area (Å²) in [4.78, 5) is 3.58. The van der Waals surface area contributed by atoms with Crippen LogP contribution < -0.4 is 24.8 Å². The second-order valence-electron chi connectivity index (χ2n) is 9.54. The van der Waals surface area contributed by atoms with E-state index in [0.717, 1.165) is 27.8 Å². The third-order valence-corrected chi connectivity index (χ3v) is 11.4. The second-order valence-corrected chi connectivity index (χ2v) is 14.1. The molecule has 0 radical (unpaired) electrons. The lowest BCUT2D eigenvalue weighted by molar-refractivity contribution is 0.387. The van der Waals surface area contributed by atoms with E-state index in [0.29, 0.717) is 29.9 Å². The molecule has 2 aliphatic rings. The molecule has 2 saturated carbocycles. The van der Waals surface area contributed by atoms with Crippen molar-refractivity contribution in [2.45, 2.75) is 40.7 Å². The van der Waals surface area contributed by atoms with Gasteiger partial charge in [-0.15, -0.1) is 34.5 Å². The molecule has 0 amide bonds. The number of hydrogen-bond acceptors (Lipinski definition) is 8. The number of benzene rings is 2. The van der Waals surface area contributed by atoms with Gasteiger partial charge in [0.15, 0.2) is 5.13 Å². The minimum Gasteiger partial charge on any atom is -0.497 e. The molecule has 0 saturated heterocycles. The van der Waals surface area contributed by atoms with Crippen molar-refractivity contribution in [3.8, 4) is 11.5 Å². The molecular formula is C25H26Cl3FN4O4S2. The zero-order valence-electron chi connectivity index (χ0n) is 20.9. The van der Waals surface area contributed by atoms with Crippen LogP contribution in [0.5, 0.6) is 11.5 Å². The zero-order chi connectivity index (χ0) is 28.1. The Labute approximate surface area is 245 Å². The summed E-state index contributed by atoms with van der Waals surface area (Å²) in [5, 5.41) is 4.99. The van der Waals surface area contributed by atoms with Gasteiger partial charge in [-0.05, 0) is 48.9 Å². The van der Waals surface area contributed by atoms with Gasteiger partial charge in [-0.3, -0.25) is 0 Å². The minimum absolute atomic E-state index is 0.0317. The number of hydrogen-bond donors (Lipinski definition) is 2. The lowest BCUT2D eigenvalue weighted by Gasteiger charge is -2.30. The molecule has 39 heavy (non-hydrogen) atoms. The van der Waals surface area contributed by atoms with Crippen LogP contribution >= 0.6 is 46.1 Å². The first-order valence-corrected chi connectivity index (χ1v) is 15.4. The molecule has 3 N–H and O–H groups in total. The van der Waals surface area contributed by atoms with Crippen molar-refractivity contribution in [2.75, 3.05) is 23.8 Å². The molecule has 2 unspecified atom stereocenters. The lowest BCUT2D eigenvalue weighted by Crippen LogP contribution is -2.43. The first-order valence-electron chi connectivity index (χ1n) is 12.0. The number of thiazole rings is 1. The monoisotopic (exact) mass is 634 g/mol. The molecule has 1 heterocycles. The average Bonchev–Trinajstić information content (AvgIpc) is 3.23. The van der Waals surface area contributed by atoms with Gasteiger partial charge in [0.2, 0.25) is 0 Å². The Hall–Kier alpha value is -2.02. The molecular weight excluding hydrogens is 610 g/mol. The number of halogens is 4. The van der Waals surface area contributed by atoms with Gasteiger partial charge in [-0.1, -0.05) is 11.6 Å². The van der Waals surface area contributed by atoms with Crippen molar-refractivity contribution in [1.82, 2.24) is 4.98 Å². The first-order chi connectivity index (χ1) is 18.5. The maximum absolute atomic E-state index is 15.5. The van der Waals surface area contributed by atoms with Gasteiger partial charge in [0.05, 0.1) is 31.5 Å². The van der Waals surface area contributed by atoms with E-state index in [1.165, 1.54) is 20.4 Å². The van der Waals surface area contributed by atoms with Gasteiger partial charge in [-0.25, -0.2) is 22.1 Å². The Bertz CT molecular complexity index is 1480. The van der Waals surface area contributed by atoms with E-state index in [-0.39, 0.29) is 46.3 Å². The van der Waals surface area contributed by atoms with E-state index in [9.17, 15) is 8.42 Å². The fourth-order valence-corrected chi connectivity index (χ4v) is 8.53. The van der Waals surface area contributed by atoms with Crippen LogP contribution in [-0.4, -0.2) is 44.0 Å². The van der Waals surface area contributed by atoms with Gasteiger partial charge >= 0.3 is 0 Å². The van der Waals surface area contributed by atoms with Gasteiger partial charge in [0.25, 0.3) is 10.0 Å². The quantitative estimate of drug-likeness (QED) is 0.292. The van der Waals surface area contributed by atoms with E-state index >= 15 is 4.39 Å². The van der Waals surface area contributed by atoms with Crippen LogP contribution in [-0.2, 0) is 16.6 Å². The standard InChI is InChI=1S/C25H26Cl3FN4O4S2/c1-36-14-4-3-13(22(7-14)37-2)12-33(24-31-5-6-38-24)39(34,35)23-10-17(26)20(11-18(23)29)32-21-9-16-15(8-19(21)30)25(16,27)28/h3-7,10-11,15-16,19,21,32H,8-9,12,30H2,1-2H3/t15?,16-,19?,21+/m1/s1. The van der Waals surface area contributed by atoms with E-state index in [2.05, 4.69) is 10.3 Å². The molecule has 0 spiro atoms. The summed E-state index contributed by atoms with van der Waals surface area (Å²) in [6.07, 6.45) is 2.69. The molecule has 5 rings (SSSR count). The summed E-state index contributed by atoms with van der Waals surface area (Å²) in [5.74, 6) is 0.197. The van der Waals surface area contributed by atoms with Gasteiger partial charge in [-0.2, -0.15) is 0 Å². The SMILES string of the molecule is COc1ccc(CN(c2nccs2)S(=O)(=O)c2cc(Cl)c(N[C@H]3C[C@@H]4C(CC3N)C4(Cl)Cl)cc2F)c(OC)c1. The average molecular weight is 636 g/mol. The number of aromatic nitrogens is 1. The van der Waals surface area contributed by atoms with Crippen molar-refractivity contribution in [3.05, 3.63) is 58.3 Å². The molecule has 14 heteroatoms. The molecule has 2 fully saturated rings. The maximum atomic E-state index is 15.5. The predicted octanol–water partition coefficient (Wildman–Crippen LogP) is 5.67. The van der Waals surface area contributed by atoms with Gasteiger partial charge in [0.1, 0.15) is 26.5 Å². The smallest absolute Gasteiger partial charge is 0.269 e. The highest BCUT2D eigenvalue weighted by atomic mass is 35.5. The number of rotatable bonds is 9. The maximum Gasteiger partial charge on any atom is 0.269 e. The van der Waals surface area contributed by atoms with Crippen LogP contribution in [0.2, 0.25) is 5.02 Å². The number of ether oxygens (including phenoxy) is 2. The number of anilines is 2. The number of fused-ring (bicyclic) bond motifs is 1. The van der Waals surface area contributed by atoms with Crippen LogP contribution in [0.3, 0.4) is 0 Å². The van der Waals surface area contributed by atoms with Crippen molar-refractivity contribution in [3.63, 3.8) is 0 Å². The molecule has 1 aromatic heterocycles. The number of nitrogens with two attached hydrogens (primary N) is 1. The molecule has 210 valence electrons. The number of methoxy groups -OCH3 is 2. The first kappa shape index (κ1) is 28.5. The molecule has 2 aromatic carbocycles. The van der Waals surface area contributed by atoms with Crippen LogP contribution in [0.25, 0.3) is 0 Å². The van der Waals surface area contributed by atoms with Crippen molar-refractivity contribution in [1.29, 1.82) is 0 Å². The third-order valence-electron chi connectivity index (χ3n) is 7.29. The van der Waals surface area contributed by atoms with Crippen molar-refractivity contribution >= 4 is 67.0 Å². The second kappa shape index (κ2) is 10.8. The largest absolute Gasteiger partial charge is 0.497 e. The summed E-state index contributed by atoms with van der Waals surface area (Å²) in [7, 11) is -1.47. The Morgan fingerprint density at radius 3 is 2.62 bits per heavy atom. The van der Waals surface area contributed by atoms with Crippen molar-refractivity contribution < 1.29 is 22.3 Å². The Balaban J connectivity index is 1.45. The fourth-order valence-electron chi connectivity index (χ4n) is 5.06. The molecule has 0 bridgehead atoms. The van der Waals surface area contributed by atoms with E-state index < -0.39 is 25.1 Å². The van der Waals surface area contributed by atoms with Gasteiger partial charge < -0.3 is 20.5 Å². The van der Waals surface area contributed by atoms with Gasteiger partial charge in [0, 0.05) is 35.3 Å². The normalized spacial score (nSPS) is 23.6. The van der Waals surface area contributed by atoms with E-state index in [1.807, 2.05) is 0 Å². The van der Waals surface area contributed by atoms with E-state index in [4.69, 9.17) is 50.0 Å². The number of alkyl halides is 2. The van der Waals surface area contributed by atoms with E-state index in [1.54, 1.807) is 23.6 Å². The molecule has 4 atom stereocenters. The lowest BCUT2D eigenvalue weighted by atomic mass is 9.91. The van der Waals surface area contributed by atoms with Crippen molar-refractivity contribution in [2.24, 2.45) is 17.6 Å². The number of sulfonamides is 1. The Morgan fingerprint density at radius 1 is 1.21 bits per heavy atom. The predicted molar refractivity (Wildman–Crippen MR) is 152 cm³/mol. The summed E-state index contributed by atoms with van der Waals surface area (Å²) in [5.41, 5.74) is 7.08. The summed E-state index contributed by atoms with van der Waals surface area (Å²) >= 11 is 20.3. The minimum atomic E-state index is -4.45. The fraction of sp³-hybridized carbons (Fsp3) is 0.400. The van der Waals surface area contributed by atoms with Crippen LogP contribution in [0.1, 0.15) is 18.4 Å².